The molecule has 4 nitrogen and oxygen atoms in total. The molecule has 3 rings (SSSR count). The van der Waals surface area contributed by atoms with Crippen molar-refractivity contribution in [3.05, 3.63) is 35.5 Å². The van der Waals surface area contributed by atoms with Crippen LogP contribution >= 0.6 is 11.6 Å². The molecule has 0 atom stereocenters. The van der Waals surface area contributed by atoms with Gasteiger partial charge in [-0.25, -0.2) is 0 Å². The second kappa shape index (κ2) is 3.78. The molecular weight excluding hydrogens is 248 g/mol. The van der Waals surface area contributed by atoms with Crippen molar-refractivity contribution in [1.29, 1.82) is 0 Å². The van der Waals surface area contributed by atoms with Crippen molar-refractivity contribution in [3.63, 3.8) is 0 Å². The highest BCUT2D eigenvalue weighted by atomic mass is 35.5. The van der Waals surface area contributed by atoms with Gasteiger partial charge in [0, 0.05) is 42.8 Å². The second-order valence-electron chi connectivity index (χ2n) is 4.40. The minimum Gasteiger partial charge on any atom is -0.384 e. The van der Waals surface area contributed by atoms with E-state index < -0.39 is 0 Å². The van der Waals surface area contributed by atoms with Crippen LogP contribution in [0, 0.1) is 0 Å². The van der Waals surface area contributed by atoms with Crippen molar-refractivity contribution in [2.45, 2.75) is 0 Å². The average Bonchev–Trinajstić information content (AvgIpc) is 2.81. The van der Waals surface area contributed by atoms with Crippen LogP contribution in [0.2, 0.25) is 5.02 Å². The molecular formula is C13H13ClN4. The van der Waals surface area contributed by atoms with Gasteiger partial charge in [0.25, 0.3) is 0 Å². The van der Waals surface area contributed by atoms with Gasteiger partial charge in [0.15, 0.2) is 0 Å². The lowest BCUT2D eigenvalue weighted by Gasteiger charge is -1.99. The summed E-state index contributed by atoms with van der Waals surface area (Å²) in [6.07, 6.45) is 1.91. The summed E-state index contributed by atoms with van der Waals surface area (Å²) in [5, 5.41) is 6.14. The zero-order valence-corrected chi connectivity index (χ0v) is 10.9. The molecule has 0 saturated heterocycles. The molecule has 18 heavy (non-hydrogen) atoms. The first-order chi connectivity index (χ1) is 8.56. The zero-order chi connectivity index (χ0) is 12.9. The molecule has 0 saturated carbocycles. The van der Waals surface area contributed by atoms with E-state index in [0.29, 0.717) is 5.82 Å². The highest BCUT2D eigenvalue weighted by Gasteiger charge is 2.09. The second-order valence-corrected chi connectivity index (χ2v) is 4.81. The monoisotopic (exact) mass is 260 g/mol. The molecule has 2 heterocycles. The smallest absolute Gasteiger partial charge is 0.121 e. The molecule has 0 amide bonds. The highest BCUT2D eigenvalue weighted by molar-refractivity contribution is 6.35. The minimum atomic E-state index is 0.643. The van der Waals surface area contributed by atoms with Gasteiger partial charge >= 0.3 is 0 Å². The van der Waals surface area contributed by atoms with Crippen LogP contribution in [0.4, 0.5) is 5.82 Å². The van der Waals surface area contributed by atoms with Gasteiger partial charge in [-0.2, -0.15) is 5.10 Å². The molecule has 5 heteroatoms. The van der Waals surface area contributed by atoms with Crippen LogP contribution < -0.4 is 5.73 Å². The summed E-state index contributed by atoms with van der Waals surface area (Å²) in [6, 6.07) is 7.97. The molecule has 0 aliphatic carbocycles. The molecule has 0 spiro atoms. The molecule has 0 aliphatic rings. The van der Waals surface area contributed by atoms with Crippen LogP contribution in [0.1, 0.15) is 0 Å². The predicted octanol–water partition coefficient (Wildman–Crippen LogP) is 2.81. The number of aryl methyl sites for hydroxylation is 2. The van der Waals surface area contributed by atoms with Gasteiger partial charge in [-0.3, -0.25) is 4.68 Å². The number of aromatic nitrogens is 3. The van der Waals surface area contributed by atoms with E-state index in [-0.39, 0.29) is 0 Å². The fourth-order valence-corrected chi connectivity index (χ4v) is 2.42. The Hall–Kier alpha value is -1.94. The van der Waals surface area contributed by atoms with Gasteiger partial charge in [0.1, 0.15) is 5.82 Å². The number of hydrogen-bond donors (Lipinski definition) is 1. The maximum absolute atomic E-state index is 6.20. The Morgan fingerprint density at radius 1 is 1.22 bits per heavy atom. The lowest BCUT2D eigenvalue weighted by atomic mass is 10.1. The third-order valence-electron chi connectivity index (χ3n) is 3.15. The van der Waals surface area contributed by atoms with E-state index in [2.05, 4.69) is 5.10 Å². The van der Waals surface area contributed by atoms with Crippen LogP contribution in [0.25, 0.3) is 22.2 Å². The molecule has 92 valence electrons. The molecule has 1 aromatic carbocycles. The van der Waals surface area contributed by atoms with E-state index in [1.807, 2.05) is 49.1 Å². The zero-order valence-electron chi connectivity index (χ0n) is 10.2. The summed E-state index contributed by atoms with van der Waals surface area (Å²) in [6.45, 7) is 0. The Bertz CT molecular complexity index is 719. The van der Waals surface area contributed by atoms with Gasteiger partial charge in [-0.05, 0) is 12.1 Å². The number of halogens is 1. The number of fused-ring (bicyclic) bond motifs is 1. The first-order valence-corrected chi connectivity index (χ1v) is 5.98. The Balaban J connectivity index is 2.21. The lowest BCUT2D eigenvalue weighted by molar-refractivity contribution is 0.782. The van der Waals surface area contributed by atoms with Crippen molar-refractivity contribution in [3.8, 4) is 11.3 Å². The maximum atomic E-state index is 6.20. The van der Waals surface area contributed by atoms with Crippen molar-refractivity contribution in [2.75, 3.05) is 5.73 Å². The summed E-state index contributed by atoms with van der Waals surface area (Å²) in [5.74, 6) is 0.643. The van der Waals surface area contributed by atoms with Crippen molar-refractivity contribution in [2.24, 2.45) is 14.1 Å². The number of rotatable bonds is 1. The molecule has 0 fully saturated rings. The van der Waals surface area contributed by atoms with E-state index in [1.54, 1.807) is 4.68 Å². The Labute approximate surface area is 110 Å². The Kier molecular flexibility index (Phi) is 2.35. The quantitative estimate of drug-likeness (QED) is 0.731. The Morgan fingerprint density at radius 2 is 2.00 bits per heavy atom. The van der Waals surface area contributed by atoms with Crippen LogP contribution in [-0.4, -0.2) is 14.3 Å². The predicted molar refractivity (Wildman–Crippen MR) is 74.5 cm³/mol. The standard InChI is InChI=1S/C13H13ClN4/c1-17-7-10(14)9-5-8(3-4-12(9)17)11-6-13(15)18(2)16-11/h3-7H,15H2,1-2H3. The lowest BCUT2D eigenvalue weighted by Crippen LogP contribution is -1.96. The van der Waals surface area contributed by atoms with E-state index in [1.165, 1.54) is 0 Å². The van der Waals surface area contributed by atoms with Crippen LogP contribution in [0.5, 0.6) is 0 Å². The number of anilines is 1. The van der Waals surface area contributed by atoms with E-state index in [0.717, 1.165) is 27.2 Å². The maximum Gasteiger partial charge on any atom is 0.121 e. The minimum absolute atomic E-state index is 0.643. The van der Waals surface area contributed by atoms with E-state index in [4.69, 9.17) is 17.3 Å². The van der Waals surface area contributed by atoms with Gasteiger partial charge in [0.2, 0.25) is 0 Å². The molecule has 0 radical (unpaired) electrons. The largest absolute Gasteiger partial charge is 0.384 e. The van der Waals surface area contributed by atoms with Crippen molar-refractivity contribution < 1.29 is 0 Å². The van der Waals surface area contributed by atoms with Crippen LogP contribution in [-0.2, 0) is 14.1 Å². The highest BCUT2D eigenvalue weighted by Crippen LogP contribution is 2.30. The molecule has 3 aromatic rings. The molecule has 2 N–H and O–H groups in total. The Morgan fingerprint density at radius 3 is 2.67 bits per heavy atom. The number of benzene rings is 1. The van der Waals surface area contributed by atoms with Gasteiger partial charge in [-0.15, -0.1) is 0 Å². The first-order valence-electron chi connectivity index (χ1n) is 5.61. The van der Waals surface area contributed by atoms with E-state index in [9.17, 15) is 0 Å². The number of nitrogens with zero attached hydrogens (tertiary/aromatic N) is 3. The van der Waals surface area contributed by atoms with Crippen molar-refractivity contribution in [1.82, 2.24) is 14.3 Å². The van der Waals surface area contributed by atoms with Crippen LogP contribution in [0.3, 0.4) is 0 Å². The molecule has 2 aromatic heterocycles. The fourth-order valence-electron chi connectivity index (χ4n) is 2.13. The average molecular weight is 261 g/mol. The van der Waals surface area contributed by atoms with Gasteiger partial charge in [0.05, 0.1) is 10.7 Å². The van der Waals surface area contributed by atoms with Crippen LogP contribution in [0.15, 0.2) is 30.5 Å². The number of nitrogens with two attached hydrogens (primary N) is 1. The van der Waals surface area contributed by atoms with Gasteiger partial charge in [-0.1, -0.05) is 17.7 Å². The molecule has 0 unspecified atom stereocenters. The SMILES string of the molecule is Cn1nc(-c2ccc3c(c2)c(Cl)cn3C)cc1N. The number of hydrogen-bond acceptors (Lipinski definition) is 2. The van der Waals surface area contributed by atoms with Gasteiger partial charge < -0.3 is 10.3 Å². The summed E-state index contributed by atoms with van der Waals surface area (Å²) in [5.41, 5.74) is 8.77. The molecule has 0 bridgehead atoms. The summed E-state index contributed by atoms with van der Waals surface area (Å²) < 4.78 is 3.67. The van der Waals surface area contributed by atoms with E-state index >= 15 is 0 Å². The topological polar surface area (TPSA) is 48.8 Å². The molecule has 0 aliphatic heterocycles. The summed E-state index contributed by atoms with van der Waals surface area (Å²) in [7, 11) is 3.81. The third-order valence-corrected chi connectivity index (χ3v) is 3.45. The normalized spacial score (nSPS) is 11.3. The van der Waals surface area contributed by atoms with Crippen molar-refractivity contribution >= 4 is 28.3 Å². The summed E-state index contributed by atoms with van der Waals surface area (Å²) in [4.78, 5) is 0. The summed E-state index contributed by atoms with van der Waals surface area (Å²) >= 11 is 6.20. The fraction of sp³-hybridized carbons (Fsp3) is 0.154. The number of nitrogen functional groups attached to an aromatic ring is 1. The first kappa shape index (κ1) is 11.2. The third kappa shape index (κ3) is 1.57.